The van der Waals surface area contributed by atoms with Crippen LogP contribution in [0.2, 0.25) is 0 Å². The Morgan fingerprint density at radius 2 is 1.92 bits per heavy atom. The molecule has 1 amide bonds. The summed E-state index contributed by atoms with van der Waals surface area (Å²) in [6, 6.07) is 21.4. The lowest BCUT2D eigenvalue weighted by molar-refractivity contribution is -0.137. The number of carbonyl (C=O) groups excluding carboxylic acids is 1. The number of carbonyl (C=O) groups is 2. The van der Waals surface area contributed by atoms with Crippen molar-refractivity contribution in [2.24, 2.45) is 0 Å². The Hall–Kier alpha value is -4.59. The lowest BCUT2D eigenvalue weighted by Crippen LogP contribution is -2.35. The van der Waals surface area contributed by atoms with Gasteiger partial charge in [0.15, 0.2) is 0 Å². The molecule has 194 valence electrons. The minimum Gasteiger partial charge on any atom is -0.493 e. The highest BCUT2D eigenvalue weighted by Crippen LogP contribution is 2.28. The minimum atomic E-state index is -0.973. The summed E-state index contributed by atoms with van der Waals surface area (Å²) >= 11 is 0. The number of rotatable bonds is 8. The summed E-state index contributed by atoms with van der Waals surface area (Å²) in [6.07, 6.45) is 4.67. The molecule has 5 rings (SSSR count). The maximum absolute atomic E-state index is 12.3. The lowest BCUT2D eigenvalue weighted by Gasteiger charge is -2.26. The molecule has 0 saturated carbocycles. The van der Waals surface area contributed by atoms with Crippen LogP contribution in [0.4, 0.5) is 10.6 Å². The summed E-state index contributed by atoms with van der Waals surface area (Å²) in [4.78, 5) is 29.8. The van der Waals surface area contributed by atoms with Crippen molar-refractivity contribution in [1.82, 2.24) is 9.55 Å². The van der Waals surface area contributed by atoms with Gasteiger partial charge >= 0.3 is 12.1 Å². The SMILES string of the molecule is CCOC(=O)/C=C(\c1ccccc1)n1ccc2cc(OCCc3ccc4c(n3)N(C(=O)O)CCC4)ccc21. The lowest BCUT2D eigenvalue weighted by atomic mass is 10.1. The highest BCUT2D eigenvalue weighted by Gasteiger charge is 2.23. The molecule has 1 N–H and O–H groups in total. The molecule has 2 aromatic heterocycles. The fraction of sp³-hybridized carbons (Fsp3) is 0.233. The largest absolute Gasteiger partial charge is 0.493 e. The van der Waals surface area contributed by atoms with Gasteiger partial charge < -0.3 is 19.1 Å². The van der Waals surface area contributed by atoms with Crippen LogP contribution in [-0.4, -0.2) is 46.5 Å². The molecule has 4 aromatic rings. The fourth-order valence-electron chi connectivity index (χ4n) is 4.69. The van der Waals surface area contributed by atoms with Gasteiger partial charge in [-0.1, -0.05) is 36.4 Å². The number of fused-ring (bicyclic) bond motifs is 2. The average Bonchev–Trinajstić information content (AvgIpc) is 3.35. The van der Waals surface area contributed by atoms with Gasteiger partial charge in [-0.2, -0.15) is 0 Å². The molecule has 3 heterocycles. The van der Waals surface area contributed by atoms with Crippen LogP contribution in [0, 0.1) is 0 Å². The summed E-state index contributed by atoms with van der Waals surface area (Å²) in [7, 11) is 0. The maximum atomic E-state index is 12.3. The Morgan fingerprint density at radius 1 is 1.08 bits per heavy atom. The summed E-state index contributed by atoms with van der Waals surface area (Å²) in [6.45, 7) is 2.97. The number of aryl methyl sites for hydroxylation is 1. The molecule has 2 aromatic carbocycles. The second-order valence-electron chi connectivity index (χ2n) is 8.98. The molecular formula is C30H29N3O5. The van der Waals surface area contributed by atoms with E-state index in [2.05, 4.69) is 4.98 Å². The first-order valence-electron chi connectivity index (χ1n) is 12.7. The normalized spacial score (nSPS) is 13.3. The van der Waals surface area contributed by atoms with E-state index in [4.69, 9.17) is 9.47 Å². The first-order chi connectivity index (χ1) is 18.5. The van der Waals surface area contributed by atoms with Gasteiger partial charge in [0, 0.05) is 36.3 Å². The summed E-state index contributed by atoms with van der Waals surface area (Å²) in [5.74, 6) is 0.862. The second kappa shape index (κ2) is 11.2. The molecule has 0 fully saturated rings. The van der Waals surface area contributed by atoms with E-state index in [1.54, 1.807) is 6.92 Å². The third-order valence-electron chi connectivity index (χ3n) is 6.49. The number of hydrogen-bond donors (Lipinski definition) is 1. The summed E-state index contributed by atoms with van der Waals surface area (Å²) in [5, 5.41) is 10.5. The number of esters is 1. The fourth-order valence-corrected chi connectivity index (χ4v) is 4.69. The Labute approximate surface area is 220 Å². The van der Waals surface area contributed by atoms with Crippen LogP contribution in [0.25, 0.3) is 16.6 Å². The van der Waals surface area contributed by atoms with Crippen LogP contribution in [-0.2, 0) is 22.4 Å². The quantitative estimate of drug-likeness (QED) is 0.247. The molecule has 1 aliphatic heterocycles. The first kappa shape index (κ1) is 25.1. The highest BCUT2D eigenvalue weighted by molar-refractivity contribution is 5.95. The third-order valence-corrected chi connectivity index (χ3v) is 6.49. The zero-order valence-corrected chi connectivity index (χ0v) is 21.2. The first-order valence-corrected chi connectivity index (χ1v) is 12.7. The van der Waals surface area contributed by atoms with E-state index < -0.39 is 12.1 Å². The molecule has 8 nitrogen and oxygen atoms in total. The molecule has 0 atom stereocenters. The number of ether oxygens (including phenoxy) is 2. The monoisotopic (exact) mass is 511 g/mol. The van der Waals surface area contributed by atoms with Crippen molar-refractivity contribution < 1.29 is 24.2 Å². The van der Waals surface area contributed by atoms with Crippen molar-refractivity contribution in [2.45, 2.75) is 26.2 Å². The van der Waals surface area contributed by atoms with Gasteiger partial charge in [-0.05, 0) is 61.2 Å². The molecule has 8 heteroatoms. The molecule has 0 spiro atoms. The summed E-state index contributed by atoms with van der Waals surface area (Å²) in [5.41, 5.74) is 4.31. The number of pyridine rings is 1. The van der Waals surface area contributed by atoms with Gasteiger partial charge in [0.2, 0.25) is 0 Å². The van der Waals surface area contributed by atoms with Crippen LogP contribution in [0.15, 0.2) is 79.0 Å². The van der Waals surface area contributed by atoms with Gasteiger partial charge in [0.05, 0.1) is 24.4 Å². The summed E-state index contributed by atoms with van der Waals surface area (Å²) < 4.78 is 13.2. The van der Waals surface area contributed by atoms with Crippen molar-refractivity contribution in [3.63, 3.8) is 0 Å². The number of nitrogens with zero attached hydrogens (tertiary/aromatic N) is 3. The Kier molecular flexibility index (Phi) is 7.40. The van der Waals surface area contributed by atoms with Crippen LogP contribution in [0.3, 0.4) is 0 Å². The number of benzene rings is 2. The average molecular weight is 512 g/mol. The smallest absolute Gasteiger partial charge is 0.413 e. The predicted molar refractivity (Wildman–Crippen MR) is 146 cm³/mol. The highest BCUT2D eigenvalue weighted by atomic mass is 16.5. The van der Waals surface area contributed by atoms with E-state index in [9.17, 15) is 14.7 Å². The topological polar surface area (TPSA) is 93.9 Å². The van der Waals surface area contributed by atoms with E-state index in [0.29, 0.717) is 32.0 Å². The number of hydrogen-bond acceptors (Lipinski definition) is 5. The molecule has 1 aliphatic rings. The zero-order chi connectivity index (χ0) is 26.5. The molecular weight excluding hydrogens is 482 g/mol. The zero-order valence-electron chi connectivity index (χ0n) is 21.2. The van der Waals surface area contributed by atoms with Gasteiger partial charge in [0.1, 0.15) is 11.6 Å². The van der Waals surface area contributed by atoms with Crippen molar-refractivity contribution >= 4 is 34.5 Å². The third kappa shape index (κ3) is 5.39. The van der Waals surface area contributed by atoms with E-state index in [0.717, 1.165) is 52.0 Å². The van der Waals surface area contributed by atoms with E-state index in [1.807, 2.05) is 77.5 Å². The number of anilines is 1. The molecule has 0 aliphatic carbocycles. The molecule has 0 unspecified atom stereocenters. The van der Waals surface area contributed by atoms with E-state index in [1.165, 1.54) is 11.0 Å². The Balaban J connectivity index is 1.32. The standard InChI is InChI=1S/C30H29N3O5/c1-2-37-28(34)20-27(21-7-4-3-5-8-21)32-17-14-23-19-25(12-13-26(23)32)38-18-15-24-11-10-22-9-6-16-33(30(35)36)29(22)31-24/h3-5,7-8,10-14,17,19-20H,2,6,9,15-16,18H2,1H3,(H,35,36)/b27-20+. The number of amides is 1. The Morgan fingerprint density at radius 3 is 2.71 bits per heavy atom. The number of aromatic nitrogens is 2. The second-order valence-corrected chi connectivity index (χ2v) is 8.98. The molecule has 0 radical (unpaired) electrons. The van der Waals surface area contributed by atoms with Crippen LogP contribution >= 0.6 is 0 Å². The van der Waals surface area contributed by atoms with Crippen LogP contribution in [0.1, 0.15) is 30.2 Å². The van der Waals surface area contributed by atoms with Crippen molar-refractivity contribution in [1.29, 1.82) is 0 Å². The van der Waals surface area contributed by atoms with E-state index in [-0.39, 0.29) is 0 Å². The number of carboxylic acid groups (broad SMARTS) is 1. The van der Waals surface area contributed by atoms with E-state index >= 15 is 0 Å². The molecule has 38 heavy (non-hydrogen) atoms. The van der Waals surface area contributed by atoms with Crippen molar-refractivity contribution in [3.8, 4) is 5.75 Å². The van der Waals surface area contributed by atoms with Crippen molar-refractivity contribution in [2.75, 3.05) is 24.7 Å². The van der Waals surface area contributed by atoms with Gasteiger partial charge in [-0.3, -0.25) is 4.90 Å². The predicted octanol–water partition coefficient (Wildman–Crippen LogP) is 5.54. The van der Waals surface area contributed by atoms with Gasteiger partial charge in [-0.15, -0.1) is 0 Å². The Bertz CT molecular complexity index is 1490. The molecule has 0 bridgehead atoms. The van der Waals surface area contributed by atoms with Crippen molar-refractivity contribution in [3.05, 3.63) is 95.8 Å². The maximum Gasteiger partial charge on any atom is 0.413 e. The minimum absolute atomic E-state index is 0.309. The van der Waals surface area contributed by atoms with Gasteiger partial charge in [-0.25, -0.2) is 14.6 Å². The van der Waals surface area contributed by atoms with Crippen LogP contribution in [0.5, 0.6) is 5.75 Å². The van der Waals surface area contributed by atoms with Crippen LogP contribution < -0.4 is 9.64 Å². The molecule has 0 saturated heterocycles. The van der Waals surface area contributed by atoms with Gasteiger partial charge in [0.25, 0.3) is 0 Å².